The Bertz CT molecular complexity index is 1350. The van der Waals surface area contributed by atoms with Crippen LogP contribution in [0.1, 0.15) is 30.5 Å². The van der Waals surface area contributed by atoms with Crippen molar-refractivity contribution in [1.82, 2.24) is 9.62 Å². The maximum Gasteiger partial charge on any atom is 0.302 e. The number of ether oxygens (including phenoxy) is 2. The Morgan fingerprint density at radius 3 is 2.27 bits per heavy atom. The van der Waals surface area contributed by atoms with Gasteiger partial charge in [-0.25, -0.2) is 8.42 Å². The van der Waals surface area contributed by atoms with E-state index in [0.29, 0.717) is 11.3 Å². The van der Waals surface area contributed by atoms with Crippen molar-refractivity contribution in [3.05, 3.63) is 84.0 Å². The Labute approximate surface area is 215 Å². The lowest BCUT2D eigenvalue weighted by Gasteiger charge is -2.40. The van der Waals surface area contributed by atoms with Gasteiger partial charge in [0, 0.05) is 13.3 Å². The third-order valence-corrected chi connectivity index (χ3v) is 7.96. The van der Waals surface area contributed by atoms with Crippen molar-refractivity contribution in [2.75, 3.05) is 13.7 Å². The average Bonchev–Trinajstić information content (AvgIpc) is 3.12. The summed E-state index contributed by atoms with van der Waals surface area (Å²) < 4.78 is 39.4. The van der Waals surface area contributed by atoms with Gasteiger partial charge in [-0.3, -0.25) is 14.4 Å². The number of hydrogen-bond acceptors (Lipinski definition) is 7. The largest absolute Gasteiger partial charge is 0.497 e. The molecule has 4 rings (SSSR count). The molecule has 0 saturated carbocycles. The van der Waals surface area contributed by atoms with Crippen molar-refractivity contribution in [3.8, 4) is 5.75 Å². The van der Waals surface area contributed by atoms with Crippen LogP contribution >= 0.6 is 0 Å². The molecule has 2 aliphatic rings. The van der Waals surface area contributed by atoms with Crippen molar-refractivity contribution in [1.29, 1.82) is 0 Å². The molecule has 0 radical (unpaired) electrons. The molecule has 194 valence electrons. The number of allylic oxidation sites excluding steroid dienone is 2. The molecule has 2 aromatic carbocycles. The summed E-state index contributed by atoms with van der Waals surface area (Å²) in [5.41, 5.74) is 0.433. The number of rotatable bonds is 8. The molecule has 1 aliphatic heterocycles. The van der Waals surface area contributed by atoms with Gasteiger partial charge in [-0.05, 0) is 48.9 Å². The van der Waals surface area contributed by atoms with E-state index in [1.165, 1.54) is 43.2 Å². The lowest BCUT2D eigenvalue weighted by molar-refractivity contribution is -0.146. The third kappa shape index (κ3) is 5.50. The Morgan fingerprint density at radius 1 is 1.08 bits per heavy atom. The number of esters is 1. The van der Waals surface area contributed by atoms with Crippen LogP contribution in [0.25, 0.3) is 0 Å². The molecule has 0 aromatic heterocycles. The van der Waals surface area contributed by atoms with Crippen LogP contribution in [0, 0.1) is 6.92 Å². The number of carbonyl (C=O) groups is 3. The molecule has 0 bridgehead atoms. The van der Waals surface area contributed by atoms with Crippen LogP contribution in [0.15, 0.2) is 77.7 Å². The van der Waals surface area contributed by atoms with Gasteiger partial charge in [-0.1, -0.05) is 42.0 Å². The highest BCUT2D eigenvalue weighted by molar-refractivity contribution is 7.89. The van der Waals surface area contributed by atoms with E-state index in [4.69, 9.17) is 9.47 Å². The second-order valence-corrected chi connectivity index (χ2v) is 10.8. The molecular weight excluding hydrogens is 496 g/mol. The van der Waals surface area contributed by atoms with Crippen LogP contribution in [0.2, 0.25) is 0 Å². The molecule has 9 nitrogen and oxygen atoms in total. The normalized spacial score (nSPS) is 19.3. The number of ketones is 1. The number of benzene rings is 2. The first-order chi connectivity index (χ1) is 17.5. The molecule has 1 aliphatic carbocycles. The smallest absolute Gasteiger partial charge is 0.302 e. The summed E-state index contributed by atoms with van der Waals surface area (Å²) in [4.78, 5) is 39.1. The minimum atomic E-state index is -4.02. The van der Waals surface area contributed by atoms with Gasteiger partial charge in [-0.15, -0.1) is 0 Å². The lowest BCUT2D eigenvalue weighted by atomic mass is 9.88. The molecule has 0 unspecified atom stereocenters. The van der Waals surface area contributed by atoms with Gasteiger partial charge in [0.05, 0.1) is 23.6 Å². The highest BCUT2D eigenvalue weighted by atomic mass is 32.2. The molecule has 2 atom stereocenters. The number of amides is 1. The van der Waals surface area contributed by atoms with E-state index in [-0.39, 0.29) is 23.7 Å². The summed E-state index contributed by atoms with van der Waals surface area (Å²) >= 11 is 0. The number of sulfonamides is 1. The minimum absolute atomic E-state index is 0.0370. The lowest BCUT2D eigenvalue weighted by Crippen LogP contribution is -2.48. The fourth-order valence-electron chi connectivity index (χ4n) is 4.60. The predicted molar refractivity (Wildman–Crippen MR) is 135 cm³/mol. The van der Waals surface area contributed by atoms with E-state index >= 15 is 0 Å². The second kappa shape index (κ2) is 10.3. The van der Waals surface area contributed by atoms with Crippen LogP contribution < -0.4 is 9.46 Å². The number of methoxy groups -OCH3 is 1. The molecule has 2 aromatic rings. The van der Waals surface area contributed by atoms with Crippen LogP contribution in [-0.4, -0.2) is 56.3 Å². The molecule has 1 heterocycles. The van der Waals surface area contributed by atoms with Gasteiger partial charge in [-0.2, -0.15) is 4.72 Å². The summed E-state index contributed by atoms with van der Waals surface area (Å²) in [5, 5.41) is 0. The van der Waals surface area contributed by atoms with Crippen LogP contribution in [-0.2, 0) is 29.1 Å². The van der Waals surface area contributed by atoms with Gasteiger partial charge in [0.1, 0.15) is 18.4 Å². The topological polar surface area (TPSA) is 119 Å². The summed E-state index contributed by atoms with van der Waals surface area (Å²) in [7, 11) is -2.49. The Balaban J connectivity index is 1.75. The summed E-state index contributed by atoms with van der Waals surface area (Å²) in [5.74, 6) is -0.681. The van der Waals surface area contributed by atoms with Crippen molar-refractivity contribution < 1.29 is 32.3 Å². The molecule has 10 heteroatoms. The molecule has 1 spiro atoms. The average molecular weight is 525 g/mol. The fraction of sp³-hybridized carbons (Fsp3) is 0.296. The molecular formula is C27H28N2O7S. The zero-order chi connectivity index (χ0) is 26.8. The van der Waals surface area contributed by atoms with E-state index in [1.54, 1.807) is 48.6 Å². The van der Waals surface area contributed by atoms with Crippen LogP contribution in [0.5, 0.6) is 5.75 Å². The quantitative estimate of drug-likeness (QED) is 0.527. The highest BCUT2D eigenvalue weighted by Crippen LogP contribution is 2.42. The first-order valence-corrected chi connectivity index (χ1v) is 13.1. The number of carbonyl (C=O) groups excluding carboxylic acids is 3. The van der Waals surface area contributed by atoms with Gasteiger partial charge in [0.2, 0.25) is 15.9 Å². The van der Waals surface area contributed by atoms with Crippen molar-refractivity contribution >= 4 is 27.7 Å². The van der Waals surface area contributed by atoms with Gasteiger partial charge in [0.25, 0.3) is 0 Å². The maximum atomic E-state index is 13.9. The van der Waals surface area contributed by atoms with E-state index in [0.717, 1.165) is 5.56 Å². The Hall–Kier alpha value is -3.76. The number of hydrogen-bond donors (Lipinski definition) is 1. The summed E-state index contributed by atoms with van der Waals surface area (Å²) in [6.07, 6.45) is 5.95. The van der Waals surface area contributed by atoms with Crippen LogP contribution in [0.4, 0.5) is 0 Å². The van der Waals surface area contributed by atoms with E-state index in [1.807, 2.05) is 6.92 Å². The monoisotopic (exact) mass is 524 g/mol. The minimum Gasteiger partial charge on any atom is -0.497 e. The molecule has 1 N–H and O–H groups in total. The Kier molecular flexibility index (Phi) is 7.33. The maximum absolute atomic E-state index is 13.9. The molecule has 1 amide bonds. The SMILES string of the molecule is COc1ccc([C@@H](COC(C)=O)N2C(=O)[C@@H](NS(=O)(=O)c3ccc(C)cc3)CC23C=CC(=O)C=C3)cc1. The van der Waals surface area contributed by atoms with Crippen molar-refractivity contribution in [2.45, 2.75) is 42.8 Å². The molecule has 37 heavy (non-hydrogen) atoms. The highest BCUT2D eigenvalue weighted by Gasteiger charge is 2.53. The number of nitrogens with zero attached hydrogens (tertiary/aromatic N) is 1. The van der Waals surface area contributed by atoms with Crippen LogP contribution in [0.3, 0.4) is 0 Å². The number of nitrogens with one attached hydrogen (secondary N) is 1. The predicted octanol–water partition coefficient (Wildman–Crippen LogP) is 2.62. The van der Waals surface area contributed by atoms with Gasteiger partial charge >= 0.3 is 5.97 Å². The first-order valence-electron chi connectivity index (χ1n) is 11.7. The zero-order valence-corrected chi connectivity index (χ0v) is 21.5. The van der Waals surface area contributed by atoms with Gasteiger partial charge < -0.3 is 14.4 Å². The Morgan fingerprint density at radius 2 is 1.70 bits per heavy atom. The zero-order valence-electron chi connectivity index (χ0n) is 20.7. The summed E-state index contributed by atoms with van der Waals surface area (Å²) in [6.45, 7) is 2.95. The molecule has 1 fully saturated rings. The first kappa shape index (κ1) is 26.3. The fourth-order valence-corrected chi connectivity index (χ4v) is 5.79. The van der Waals surface area contributed by atoms with Gasteiger partial charge in [0.15, 0.2) is 5.78 Å². The number of aryl methyl sites for hydroxylation is 1. The molecule has 1 saturated heterocycles. The van der Waals surface area contributed by atoms with E-state index < -0.39 is 39.5 Å². The number of likely N-dealkylation sites (tertiary alicyclic amines) is 1. The van der Waals surface area contributed by atoms with E-state index in [9.17, 15) is 22.8 Å². The van der Waals surface area contributed by atoms with E-state index in [2.05, 4.69) is 4.72 Å². The second-order valence-electron chi connectivity index (χ2n) is 9.05. The third-order valence-electron chi connectivity index (χ3n) is 6.47. The van der Waals surface area contributed by atoms with Crippen molar-refractivity contribution in [3.63, 3.8) is 0 Å². The van der Waals surface area contributed by atoms with Crippen molar-refractivity contribution in [2.24, 2.45) is 0 Å². The standard InChI is InChI=1S/C27H28N2O7S/c1-18-4-10-23(11-5-18)37(33,34)28-24-16-27(14-12-21(31)13-15-27)29(26(24)32)25(17-36-19(2)30)20-6-8-22(35-3)9-7-20/h4-15,24-25,28H,16-17H2,1-3H3/t24-,25+/m0/s1. The summed E-state index contributed by atoms with van der Waals surface area (Å²) in [6, 6.07) is 11.4.